The van der Waals surface area contributed by atoms with E-state index >= 15 is 0 Å². The molecule has 0 radical (unpaired) electrons. The van der Waals surface area contributed by atoms with Crippen molar-refractivity contribution >= 4 is 17.2 Å². The molecule has 0 aliphatic heterocycles. The number of nitrogens with zero attached hydrogens (tertiary/aromatic N) is 1. The highest BCUT2D eigenvalue weighted by molar-refractivity contribution is 7.13. The third-order valence-corrected chi connectivity index (χ3v) is 3.75. The van der Waals surface area contributed by atoms with Crippen molar-refractivity contribution in [3.8, 4) is 10.6 Å². The summed E-state index contributed by atoms with van der Waals surface area (Å²) in [6.45, 7) is 2.36. The third kappa shape index (κ3) is 4.61. The first-order valence-corrected chi connectivity index (χ1v) is 7.45. The molecule has 1 unspecified atom stereocenters. The van der Waals surface area contributed by atoms with Gasteiger partial charge in [0.2, 0.25) is 5.91 Å². The first-order valence-electron chi connectivity index (χ1n) is 6.57. The fourth-order valence-corrected chi connectivity index (χ4v) is 2.72. The summed E-state index contributed by atoms with van der Waals surface area (Å²) in [5, 5.41) is 5.46. The van der Waals surface area contributed by atoms with Crippen LogP contribution in [0, 0.1) is 5.82 Å². The molecule has 0 saturated heterocycles. The summed E-state index contributed by atoms with van der Waals surface area (Å²) in [6, 6.07) is 6.13. The first kappa shape index (κ1) is 15.6. The van der Waals surface area contributed by atoms with Crippen molar-refractivity contribution in [2.75, 3.05) is 13.7 Å². The fourth-order valence-electron chi connectivity index (χ4n) is 1.90. The zero-order valence-electron chi connectivity index (χ0n) is 11.9. The number of carbonyl (C=O) groups is 1. The number of amides is 1. The average Bonchev–Trinajstić information content (AvgIpc) is 2.88. The Hall–Kier alpha value is -1.79. The number of halogens is 1. The number of aromatic nitrogens is 1. The molecule has 1 N–H and O–H groups in total. The SMILES string of the molecule is COCC(C)NC(=O)Cc1csc(-c2ccc(F)cc2)n1. The summed E-state index contributed by atoms with van der Waals surface area (Å²) < 4.78 is 17.9. The number of carbonyl (C=O) groups excluding carboxylic acids is 1. The lowest BCUT2D eigenvalue weighted by atomic mass is 10.2. The van der Waals surface area contributed by atoms with E-state index in [2.05, 4.69) is 10.3 Å². The van der Waals surface area contributed by atoms with Gasteiger partial charge < -0.3 is 10.1 Å². The predicted molar refractivity (Wildman–Crippen MR) is 80.7 cm³/mol. The summed E-state index contributed by atoms with van der Waals surface area (Å²) in [6.07, 6.45) is 0.228. The second-order valence-electron chi connectivity index (χ2n) is 4.75. The topological polar surface area (TPSA) is 51.2 Å². The molecular formula is C15H17FN2O2S. The number of nitrogens with one attached hydrogen (secondary N) is 1. The van der Waals surface area contributed by atoms with Crippen molar-refractivity contribution < 1.29 is 13.9 Å². The maximum atomic E-state index is 12.9. The Bertz CT molecular complexity index is 598. The third-order valence-electron chi connectivity index (χ3n) is 2.81. The number of hydrogen-bond donors (Lipinski definition) is 1. The quantitative estimate of drug-likeness (QED) is 0.892. The second-order valence-corrected chi connectivity index (χ2v) is 5.61. The number of methoxy groups -OCH3 is 1. The minimum atomic E-state index is -0.276. The Kier molecular flexibility index (Phi) is 5.41. The van der Waals surface area contributed by atoms with Crippen LogP contribution in [-0.2, 0) is 16.0 Å². The average molecular weight is 308 g/mol. The largest absolute Gasteiger partial charge is 0.383 e. The van der Waals surface area contributed by atoms with Gasteiger partial charge in [0, 0.05) is 24.1 Å². The van der Waals surface area contributed by atoms with E-state index < -0.39 is 0 Å². The van der Waals surface area contributed by atoms with Gasteiger partial charge in [-0.05, 0) is 31.2 Å². The van der Waals surface area contributed by atoms with E-state index in [0.717, 1.165) is 10.6 Å². The van der Waals surface area contributed by atoms with Crippen LogP contribution in [0.15, 0.2) is 29.6 Å². The molecule has 1 heterocycles. The second kappa shape index (κ2) is 7.28. The van der Waals surface area contributed by atoms with Crippen LogP contribution in [0.4, 0.5) is 4.39 Å². The Balaban J connectivity index is 1.97. The van der Waals surface area contributed by atoms with Crippen LogP contribution >= 0.6 is 11.3 Å². The molecule has 0 bridgehead atoms. The van der Waals surface area contributed by atoms with Gasteiger partial charge in [-0.1, -0.05) is 0 Å². The Morgan fingerprint density at radius 3 is 2.81 bits per heavy atom. The van der Waals surface area contributed by atoms with Gasteiger partial charge in [-0.3, -0.25) is 4.79 Å². The number of hydrogen-bond acceptors (Lipinski definition) is 4. The fraction of sp³-hybridized carbons (Fsp3) is 0.333. The lowest BCUT2D eigenvalue weighted by molar-refractivity contribution is -0.121. The summed E-state index contributed by atoms with van der Waals surface area (Å²) in [4.78, 5) is 16.2. The molecule has 0 saturated carbocycles. The minimum absolute atomic E-state index is 0.0299. The van der Waals surface area contributed by atoms with Gasteiger partial charge in [0.1, 0.15) is 10.8 Å². The van der Waals surface area contributed by atoms with Crippen molar-refractivity contribution in [1.29, 1.82) is 0 Å². The highest BCUT2D eigenvalue weighted by Crippen LogP contribution is 2.24. The van der Waals surface area contributed by atoms with Gasteiger partial charge in [0.15, 0.2) is 0 Å². The maximum absolute atomic E-state index is 12.9. The zero-order chi connectivity index (χ0) is 15.2. The van der Waals surface area contributed by atoms with Gasteiger partial charge >= 0.3 is 0 Å². The van der Waals surface area contributed by atoms with Crippen LogP contribution < -0.4 is 5.32 Å². The number of thiazole rings is 1. The van der Waals surface area contributed by atoms with Crippen LogP contribution in [-0.4, -0.2) is 30.6 Å². The number of benzene rings is 1. The van der Waals surface area contributed by atoms with Crippen molar-refractivity contribution in [3.05, 3.63) is 41.2 Å². The maximum Gasteiger partial charge on any atom is 0.226 e. The van der Waals surface area contributed by atoms with Crippen LogP contribution in [0.5, 0.6) is 0 Å². The van der Waals surface area contributed by atoms with E-state index in [1.807, 2.05) is 12.3 Å². The van der Waals surface area contributed by atoms with E-state index in [0.29, 0.717) is 12.3 Å². The van der Waals surface area contributed by atoms with Crippen LogP contribution in [0.1, 0.15) is 12.6 Å². The summed E-state index contributed by atoms with van der Waals surface area (Å²) in [5.41, 5.74) is 1.56. The van der Waals surface area contributed by atoms with Crippen molar-refractivity contribution in [3.63, 3.8) is 0 Å². The van der Waals surface area contributed by atoms with E-state index in [4.69, 9.17) is 4.74 Å². The minimum Gasteiger partial charge on any atom is -0.383 e. The molecule has 0 spiro atoms. The molecule has 2 aromatic rings. The van der Waals surface area contributed by atoms with E-state index in [1.165, 1.54) is 23.5 Å². The summed E-state index contributed by atoms with van der Waals surface area (Å²) in [7, 11) is 1.60. The summed E-state index contributed by atoms with van der Waals surface area (Å²) in [5.74, 6) is -0.363. The van der Waals surface area contributed by atoms with Gasteiger partial charge in [-0.2, -0.15) is 0 Å². The standard InChI is InChI=1S/C15H17FN2O2S/c1-10(8-20-2)17-14(19)7-13-9-21-15(18-13)11-3-5-12(16)6-4-11/h3-6,9-10H,7-8H2,1-2H3,(H,17,19). The van der Waals surface area contributed by atoms with Gasteiger partial charge in [0.25, 0.3) is 0 Å². The van der Waals surface area contributed by atoms with Crippen LogP contribution in [0.3, 0.4) is 0 Å². The summed E-state index contributed by atoms with van der Waals surface area (Å²) >= 11 is 1.44. The van der Waals surface area contributed by atoms with Crippen molar-refractivity contribution in [1.82, 2.24) is 10.3 Å². The van der Waals surface area contributed by atoms with Gasteiger partial charge in [-0.25, -0.2) is 9.37 Å². The molecule has 0 fully saturated rings. The molecule has 1 aromatic carbocycles. The molecule has 1 aromatic heterocycles. The van der Waals surface area contributed by atoms with E-state index in [-0.39, 0.29) is 24.2 Å². The van der Waals surface area contributed by atoms with Crippen LogP contribution in [0.25, 0.3) is 10.6 Å². The molecule has 112 valence electrons. The lowest BCUT2D eigenvalue weighted by Gasteiger charge is -2.11. The molecular weight excluding hydrogens is 291 g/mol. The molecule has 0 aliphatic rings. The van der Waals surface area contributed by atoms with Crippen molar-refractivity contribution in [2.45, 2.75) is 19.4 Å². The number of rotatable bonds is 6. The monoisotopic (exact) mass is 308 g/mol. The van der Waals surface area contributed by atoms with Gasteiger partial charge in [0.05, 0.1) is 18.7 Å². The predicted octanol–water partition coefficient (Wildman–Crippen LogP) is 2.64. The lowest BCUT2D eigenvalue weighted by Crippen LogP contribution is -2.36. The highest BCUT2D eigenvalue weighted by atomic mass is 32.1. The Morgan fingerprint density at radius 2 is 2.14 bits per heavy atom. The molecule has 1 amide bonds. The molecule has 21 heavy (non-hydrogen) atoms. The zero-order valence-corrected chi connectivity index (χ0v) is 12.7. The highest BCUT2D eigenvalue weighted by Gasteiger charge is 2.11. The molecule has 4 nitrogen and oxygen atoms in total. The molecule has 0 aliphatic carbocycles. The Labute approximate surface area is 127 Å². The Morgan fingerprint density at radius 1 is 1.43 bits per heavy atom. The normalized spacial score (nSPS) is 12.1. The van der Waals surface area contributed by atoms with Crippen molar-refractivity contribution in [2.24, 2.45) is 0 Å². The molecule has 1 atom stereocenters. The van der Waals surface area contributed by atoms with Gasteiger partial charge in [-0.15, -0.1) is 11.3 Å². The molecule has 2 rings (SSSR count). The van der Waals surface area contributed by atoms with E-state index in [9.17, 15) is 9.18 Å². The van der Waals surface area contributed by atoms with Crippen LogP contribution in [0.2, 0.25) is 0 Å². The van der Waals surface area contributed by atoms with E-state index in [1.54, 1.807) is 19.2 Å². The number of ether oxygens (including phenoxy) is 1. The molecule has 6 heteroatoms. The first-order chi connectivity index (χ1) is 10.1. The smallest absolute Gasteiger partial charge is 0.226 e.